The minimum Gasteiger partial charge on any atom is -0.456 e. The van der Waals surface area contributed by atoms with Crippen LogP contribution in [0.4, 0.5) is 0 Å². The van der Waals surface area contributed by atoms with Gasteiger partial charge in [0.15, 0.2) is 6.61 Å². The van der Waals surface area contributed by atoms with Crippen molar-refractivity contribution in [2.75, 3.05) is 6.61 Å². The van der Waals surface area contributed by atoms with Gasteiger partial charge in [0.2, 0.25) is 0 Å². The zero-order chi connectivity index (χ0) is 16.2. The summed E-state index contributed by atoms with van der Waals surface area (Å²) < 4.78 is 5.11. The van der Waals surface area contributed by atoms with Crippen molar-refractivity contribution in [1.29, 1.82) is 0 Å². The van der Waals surface area contributed by atoms with E-state index in [1.807, 2.05) is 12.1 Å². The lowest BCUT2D eigenvalue weighted by molar-refractivity contribution is -0.149. The Morgan fingerprint density at radius 2 is 1.96 bits per heavy atom. The minimum absolute atomic E-state index is 0.201. The number of esters is 1. The molecule has 3 atom stereocenters. The molecule has 124 valence electrons. The fraction of sp³-hybridized carbons (Fsp3) is 0.556. The average Bonchev–Trinajstić information content (AvgIpc) is 3.15. The second kappa shape index (κ2) is 7.35. The first kappa shape index (κ1) is 16.3. The molecule has 0 unspecified atom stereocenters. The molecule has 0 aromatic heterocycles. The van der Waals surface area contributed by atoms with Gasteiger partial charge in [0.1, 0.15) is 0 Å². The van der Waals surface area contributed by atoms with E-state index in [1.54, 1.807) is 12.1 Å². The fourth-order valence-electron chi connectivity index (χ4n) is 3.90. The number of rotatable bonds is 6. The van der Waals surface area contributed by atoms with E-state index >= 15 is 0 Å². The van der Waals surface area contributed by atoms with Crippen LogP contribution in [0, 0.1) is 17.8 Å². The van der Waals surface area contributed by atoms with E-state index in [1.165, 1.54) is 19.3 Å². The largest absolute Gasteiger partial charge is 0.456 e. The Hall–Kier alpha value is -1.55. The average molecular weight is 336 g/mol. The van der Waals surface area contributed by atoms with Crippen LogP contribution in [0.25, 0.3) is 0 Å². The molecule has 1 aromatic carbocycles. The first-order chi connectivity index (χ1) is 11.1. The van der Waals surface area contributed by atoms with Crippen LogP contribution in [-0.4, -0.2) is 18.5 Å². The van der Waals surface area contributed by atoms with Crippen LogP contribution in [0.2, 0.25) is 5.02 Å². The molecule has 1 aromatic rings. The molecule has 2 bridgehead atoms. The first-order valence-electron chi connectivity index (χ1n) is 8.27. The van der Waals surface area contributed by atoms with Gasteiger partial charge >= 0.3 is 5.97 Å². The molecule has 0 aliphatic heterocycles. The van der Waals surface area contributed by atoms with Crippen molar-refractivity contribution in [3.05, 3.63) is 34.9 Å². The highest BCUT2D eigenvalue weighted by molar-refractivity contribution is 6.30. The van der Waals surface area contributed by atoms with Gasteiger partial charge in [-0.15, -0.1) is 0 Å². The number of halogens is 1. The third-order valence-corrected chi connectivity index (χ3v) is 5.33. The van der Waals surface area contributed by atoms with Crippen LogP contribution < -0.4 is 5.32 Å². The van der Waals surface area contributed by atoms with E-state index in [0.29, 0.717) is 29.8 Å². The van der Waals surface area contributed by atoms with Crippen molar-refractivity contribution < 1.29 is 14.3 Å². The van der Waals surface area contributed by atoms with Gasteiger partial charge in [0, 0.05) is 18.0 Å². The number of benzene rings is 1. The summed E-state index contributed by atoms with van der Waals surface area (Å²) in [5.74, 6) is 1.47. The standard InChI is InChI=1S/C18H22ClNO3/c19-16-5-2-12(3-6-16)10-20-17(21)11-23-18(22)9-15-8-13-1-4-14(15)7-13/h2-3,5-6,13-15H,1,4,7-11H2,(H,20,21)/t13-,14+,15+/m0/s1. The number of ether oxygens (including phenoxy) is 1. The predicted molar refractivity (Wildman–Crippen MR) is 87.8 cm³/mol. The van der Waals surface area contributed by atoms with Crippen LogP contribution >= 0.6 is 11.6 Å². The predicted octanol–water partition coefficient (Wildman–Crippen LogP) is 3.33. The number of hydrogen-bond donors (Lipinski definition) is 1. The summed E-state index contributed by atoms with van der Waals surface area (Å²) in [6.07, 6.45) is 5.47. The number of hydrogen-bond acceptors (Lipinski definition) is 3. The molecule has 2 aliphatic rings. The summed E-state index contributed by atoms with van der Waals surface area (Å²) in [7, 11) is 0. The van der Waals surface area contributed by atoms with Crippen LogP contribution in [0.3, 0.4) is 0 Å². The lowest BCUT2D eigenvalue weighted by Crippen LogP contribution is -2.29. The van der Waals surface area contributed by atoms with Crippen molar-refractivity contribution >= 4 is 23.5 Å². The third-order valence-electron chi connectivity index (χ3n) is 5.08. The highest BCUT2D eigenvalue weighted by atomic mass is 35.5. The number of amides is 1. The van der Waals surface area contributed by atoms with Crippen LogP contribution in [0.5, 0.6) is 0 Å². The van der Waals surface area contributed by atoms with Gasteiger partial charge < -0.3 is 10.1 Å². The van der Waals surface area contributed by atoms with Gasteiger partial charge in [-0.3, -0.25) is 9.59 Å². The van der Waals surface area contributed by atoms with Crippen LogP contribution in [0.1, 0.15) is 37.7 Å². The molecule has 2 saturated carbocycles. The third kappa shape index (κ3) is 4.47. The van der Waals surface area contributed by atoms with Gasteiger partial charge in [0.25, 0.3) is 5.91 Å². The first-order valence-corrected chi connectivity index (χ1v) is 8.64. The summed E-state index contributed by atoms with van der Waals surface area (Å²) in [4.78, 5) is 23.6. The summed E-state index contributed by atoms with van der Waals surface area (Å²) >= 11 is 5.81. The van der Waals surface area contributed by atoms with Gasteiger partial charge in [-0.2, -0.15) is 0 Å². The number of carbonyl (C=O) groups excluding carboxylic acids is 2. The molecule has 23 heavy (non-hydrogen) atoms. The van der Waals surface area contributed by atoms with Gasteiger partial charge in [-0.25, -0.2) is 0 Å². The monoisotopic (exact) mass is 335 g/mol. The summed E-state index contributed by atoms with van der Waals surface area (Å²) in [5.41, 5.74) is 0.955. The Morgan fingerprint density at radius 3 is 2.61 bits per heavy atom. The lowest BCUT2D eigenvalue weighted by atomic mass is 9.86. The van der Waals surface area contributed by atoms with Crippen molar-refractivity contribution in [2.24, 2.45) is 17.8 Å². The van der Waals surface area contributed by atoms with E-state index in [4.69, 9.17) is 16.3 Å². The van der Waals surface area contributed by atoms with Gasteiger partial charge in [-0.05, 0) is 54.7 Å². The normalized spacial score (nSPS) is 25.3. The molecule has 0 heterocycles. The maximum Gasteiger partial charge on any atom is 0.306 e. The van der Waals surface area contributed by atoms with Crippen LogP contribution in [0.15, 0.2) is 24.3 Å². The Balaban J connectivity index is 1.34. The van der Waals surface area contributed by atoms with Crippen molar-refractivity contribution in [2.45, 2.75) is 38.6 Å². The second-order valence-electron chi connectivity index (χ2n) is 6.70. The van der Waals surface area contributed by atoms with E-state index in [-0.39, 0.29) is 18.5 Å². The molecule has 3 rings (SSSR count). The summed E-state index contributed by atoms with van der Waals surface area (Å²) in [6.45, 7) is 0.202. The van der Waals surface area contributed by atoms with Gasteiger partial charge in [-0.1, -0.05) is 30.2 Å². The molecule has 0 saturated heterocycles. The molecule has 1 amide bonds. The molecule has 0 radical (unpaired) electrons. The zero-order valence-electron chi connectivity index (χ0n) is 13.1. The molecule has 5 heteroatoms. The van der Waals surface area contributed by atoms with Gasteiger partial charge in [0.05, 0.1) is 0 Å². The van der Waals surface area contributed by atoms with E-state index in [0.717, 1.165) is 17.9 Å². The number of carbonyl (C=O) groups is 2. The zero-order valence-corrected chi connectivity index (χ0v) is 13.8. The fourth-order valence-corrected chi connectivity index (χ4v) is 4.03. The molecule has 2 fully saturated rings. The quantitative estimate of drug-likeness (QED) is 0.811. The maximum atomic E-state index is 11.9. The Kier molecular flexibility index (Phi) is 5.21. The SMILES string of the molecule is O=C(COC(=O)C[C@H]1C[C@H]2CC[C@@H]1C2)NCc1ccc(Cl)cc1. The molecule has 1 N–H and O–H groups in total. The Morgan fingerprint density at radius 1 is 1.17 bits per heavy atom. The molecular weight excluding hydrogens is 314 g/mol. The van der Waals surface area contributed by atoms with Crippen LogP contribution in [-0.2, 0) is 20.9 Å². The maximum absolute atomic E-state index is 11.9. The number of fused-ring (bicyclic) bond motifs is 2. The molecular formula is C18H22ClNO3. The summed E-state index contributed by atoms with van der Waals surface area (Å²) in [6, 6.07) is 7.25. The number of nitrogens with one attached hydrogen (secondary N) is 1. The minimum atomic E-state index is -0.277. The van der Waals surface area contributed by atoms with Crippen molar-refractivity contribution in [1.82, 2.24) is 5.32 Å². The Labute approximate surface area is 141 Å². The van der Waals surface area contributed by atoms with E-state index in [9.17, 15) is 9.59 Å². The molecule has 4 nitrogen and oxygen atoms in total. The highest BCUT2D eigenvalue weighted by Crippen LogP contribution is 2.49. The summed E-state index contributed by atoms with van der Waals surface area (Å²) in [5, 5.41) is 3.40. The smallest absolute Gasteiger partial charge is 0.306 e. The molecule has 2 aliphatic carbocycles. The van der Waals surface area contributed by atoms with Crippen molar-refractivity contribution in [3.63, 3.8) is 0 Å². The second-order valence-corrected chi connectivity index (χ2v) is 7.14. The van der Waals surface area contributed by atoms with Crippen molar-refractivity contribution in [3.8, 4) is 0 Å². The van der Waals surface area contributed by atoms with E-state index < -0.39 is 0 Å². The Bertz CT molecular complexity index is 572. The van der Waals surface area contributed by atoms with E-state index in [2.05, 4.69) is 5.32 Å². The molecule has 0 spiro atoms. The highest BCUT2D eigenvalue weighted by Gasteiger charge is 2.40. The lowest BCUT2D eigenvalue weighted by Gasteiger charge is -2.20. The topological polar surface area (TPSA) is 55.4 Å².